The molecule has 5 rings (SSSR count). The number of carbonyl (C=O) groups excluding carboxylic acids is 3. The molecule has 2 atom stereocenters. The maximum Gasteiger partial charge on any atom is 0.325 e. The number of nitrogens with one attached hydrogen (secondary N) is 1. The number of imide groups is 1. The average Bonchev–Trinajstić information content (AvgIpc) is 3.62. The summed E-state index contributed by atoms with van der Waals surface area (Å²) in [6, 6.07) is 13.0. The highest BCUT2D eigenvalue weighted by Gasteiger charge is 2.56. The number of amides is 4. The van der Waals surface area contributed by atoms with Crippen molar-refractivity contribution >= 4 is 43.6 Å². The lowest BCUT2D eigenvalue weighted by Gasteiger charge is -2.31. The summed E-state index contributed by atoms with van der Waals surface area (Å²) in [6.45, 7) is 1.96. The average molecular weight is 589 g/mol. The van der Waals surface area contributed by atoms with E-state index in [4.69, 9.17) is 0 Å². The molecule has 2 aliphatic carbocycles. The van der Waals surface area contributed by atoms with Gasteiger partial charge in [-0.1, -0.05) is 36.4 Å². The van der Waals surface area contributed by atoms with Crippen LogP contribution in [0.3, 0.4) is 0 Å². The fraction of sp³-hybridized carbons (Fsp3) is 0.444. The number of anilines is 1. The standard InChI is InChI=1S/C27H32N4O7S2/c1-18(20-9-10-20)29(16-19-7-5-4-6-8-19)24(32)17-30-25(33)27(28-26(30)34)14-13-21-15-22(11-12-23(21)27)31(39(2,35)36)40(3,37)38/h4-8,11-12,15,18,20H,9-10,13-14,16-17H2,1-3H3,(H,28,34)/t18?,27-/m0/s1. The molecule has 2 aromatic carbocycles. The van der Waals surface area contributed by atoms with Gasteiger partial charge in [0.1, 0.15) is 12.1 Å². The summed E-state index contributed by atoms with van der Waals surface area (Å²) in [6.07, 6.45) is 4.15. The van der Waals surface area contributed by atoms with E-state index in [1.54, 1.807) is 4.90 Å². The van der Waals surface area contributed by atoms with Gasteiger partial charge < -0.3 is 10.2 Å². The summed E-state index contributed by atoms with van der Waals surface area (Å²) in [4.78, 5) is 43.1. The Balaban J connectivity index is 1.40. The molecule has 1 heterocycles. The molecule has 4 amide bonds. The lowest BCUT2D eigenvalue weighted by molar-refractivity contribution is -0.141. The number of urea groups is 1. The fourth-order valence-corrected chi connectivity index (χ4v) is 8.78. The third-order valence-corrected chi connectivity index (χ3v) is 11.2. The Hall–Kier alpha value is -3.45. The van der Waals surface area contributed by atoms with Crippen LogP contribution < -0.4 is 9.03 Å². The molecule has 1 saturated heterocycles. The smallest absolute Gasteiger partial charge is 0.325 e. The summed E-state index contributed by atoms with van der Waals surface area (Å²) in [5, 5.41) is 2.77. The van der Waals surface area contributed by atoms with Crippen molar-refractivity contribution < 1.29 is 31.2 Å². The molecule has 0 radical (unpaired) electrons. The largest absolute Gasteiger partial charge is 0.334 e. The van der Waals surface area contributed by atoms with Crippen LogP contribution in [0.1, 0.15) is 42.9 Å². The third-order valence-electron chi connectivity index (χ3n) is 7.91. The minimum absolute atomic E-state index is 0.0410. The topological polar surface area (TPSA) is 141 Å². The summed E-state index contributed by atoms with van der Waals surface area (Å²) >= 11 is 0. The molecular formula is C27H32N4O7S2. The first kappa shape index (κ1) is 28.1. The number of aryl methyl sites for hydroxylation is 1. The lowest BCUT2D eigenvalue weighted by atomic mass is 9.91. The second kappa shape index (κ2) is 9.88. The lowest BCUT2D eigenvalue weighted by Crippen LogP contribution is -2.47. The Kier molecular flexibility index (Phi) is 6.94. The van der Waals surface area contributed by atoms with Crippen LogP contribution in [0.15, 0.2) is 48.5 Å². The van der Waals surface area contributed by atoms with Gasteiger partial charge in [-0.3, -0.25) is 14.5 Å². The van der Waals surface area contributed by atoms with E-state index in [1.165, 1.54) is 18.2 Å². The molecule has 2 aromatic rings. The summed E-state index contributed by atoms with van der Waals surface area (Å²) in [7, 11) is -8.29. The zero-order valence-electron chi connectivity index (χ0n) is 22.5. The van der Waals surface area contributed by atoms with Crippen molar-refractivity contribution in [1.82, 2.24) is 15.1 Å². The van der Waals surface area contributed by atoms with Crippen LogP contribution in [0, 0.1) is 5.92 Å². The first-order valence-electron chi connectivity index (χ1n) is 13.0. The fourth-order valence-electron chi connectivity index (χ4n) is 5.82. The van der Waals surface area contributed by atoms with E-state index in [-0.39, 0.29) is 24.1 Å². The maximum absolute atomic E-state index is 13.7. The van der Waals surface area contributed by atoms with Gasteiger partial charge in [-0.25, -0.2) is 21.6 Å². The molecule has 2 fully saturated rings. The Morgan fingerprint density at radius 2 is 1.70 bits per heavy atom. The summed E-state index contributed by atoms with van der Waals surface area (Å²) < 4.78 is 49.2. The van der Waals surface area contributed by atoms with E-state index in [9.17, 15) is 31.2 Å². The van der Waals surface area contributed by atoms with Crippen LogP contribution in [-0.2, 0) is 48.1 Å². The highest BCUT2D eigenvalue weighted by molar-refractivity contribution is 8.09. The summed E-state index contributed by atoms with van der Waals surface area (Å²) in [5.74, 6) is -0.495. The molecule has 0 aromatic heterocycles. The molecular weight excluding hydrogens is 556 g/mol. The van der Waals surface area contributed by atoms with Crippen LogP contribution in [0.2, 0.25) is 0 Å². The predicted octanol–water partition coefficient (Wildman–Crippen LogP) is 1.93. The number of rotatable bonds is 9. The Labute approximate surface area is 234 Å². The second-order valence-corrected chi connectivity index (χ2v) is 14.8. The zero-order valence-corrected chi connectivity index (χ0v) is 24.2. The first-order chi connectivity index (χ1) is 18.7. The minimum Gasteiger partial charge on any atom is -0.334 e. The van der Waals surface area contributed by atoms with Crippen molar-refractivity contribution in [3.63, 3.8) is 0 Å². The van der Waals surface area contributed by atoms with Gasteiger partial charge in [0.15, 0.2) is 0 Å². The minimum atomic E-state index is -4.14. The van der Waals surface area contributed by atoms with Crippen LogP contribution in [-0.4, -0.2) is 69.6 Å². The van der Waals surface area contributed by atoms with E-state index < -0.39 is 44.1 Å². The van der Waals surface area contributed by atoms with Crippen molar-refractivity contribution in [1.29, 1.82) is 0 Å². The number of benzene rings is 2. The second-order valence-electron chi connectivity index (χ2n) is 10.9. The van der Waals surface area contributed by atoms with Gasteiger partial charge in [-0.15, -0.1) is 0 Å². The van der Waals surface area contributed by atoms with Crippen molar-refractivity contribution in [3.05, 3.63) is 65.2 Å². The van der Waals surface area contributed by atoms with E-state index >= 15 is 0 Å². The highest BCUT2D eigenvalue weighted by atomic mass is 32.3. The van der Waals surface area contributed by atoms with Gasteiger partial charge in [-0.05, 0) is 67.3 Å². The van der Waals surface area contributed by atoms with Crippen LogP contribution in [0.4, 0.5) is 10.5 Å². The number of sulfonamides is 2. The molecule has 13 heteroatoms. The van der Waals surface area contributed by atoms with Crippen molar-refractivity contribution in [2.45, 2.75) is 50.7 Å². The SMILES string of the molecule is CC(C1CC1)N(Cc1ccccc1)C(=O)CN1C(=O)N[C@]2(CCc3cc(N(S(C)(=O)=O)S(C)(=O)=O)ccc32)C1=O. The Morgan fingerprint density at radius 3 is 2.30 bits per heavy atom. The predicted molar refractivity (Wildman–Crippen MR) is 148 cm³/mol. The van der Waals surface area contributed by atoms with Gasteiger partial charge in [0, 0.05) is 12.6 Å². The molecule has 1 unspecified atom stereocenters. The van der Waals surface area contributed by atoms with Crippen molar-refractivity contribution in [2.75, 3.05) is 22.8 Å². The van der Waals surface area contributed by atoms with Gasteiger partial charge >= 0.3 is 6.03 Å². The molecule has 3 aliphatic rings. The van der Waals surface area contributed by atoms with E-state index in [1.807, 2.05) is 37.3 Å². The maximum atomic E-state index is 13.7. The third kappa shape index (κ3) is 5.07. The Bertz CT molecular complexity index is 1560. The highest BCUT2D eigenvalue weighted by Crippen LogP contribution is 2.43. The van der Waals surface area contributed by atoms with Crippen LogP contribution in [0.5, 0.6) is 0 Å². The van der Waals surface area contributed by atoms with E-state index in [0.29, 0.717) is 33.7 Å². The first-order valence-corrected chi connectivity index (χ1v) is 16.7. The van der Waals surface area contributed by atoms with Gasteiger partial charge in [0.05, 0.1) is 18.2 Å². The summed E-state index contributed by atoms with van der Waals surface area (Å²) in [5.41, 5.74) is 0.479. The molecule has 0 bridgehead atoms. The zero-order chi connectivity index (χ0) is 29.0. The molecule has 214 valence electrons. The van der Waals surface area contributed by atoms with E-state index in [0.717, 1.165) is 35.8 Å². The number of nitrogens with zero attached hydrogens (tertiary/aromatic N) is 3. The number of fused-ring (bicyclic) bond motifs is 2. The number of hydrogen-bond donors (Lipinski definition) is 1. The normalized spacial score (nSPS) is 21.3. The number of hydrogen-bond acceptors (Lipinski definition) is 7. The Morgan fingerprint density at radius 1 is 1.05 bits per heavy atom. The molecule has 1 aliphatic heterocycles. The van der Waals surface area contributed by atoms with Gasteiger partial charge in [0.25, 0.3) is 5.91 Å². The van der Waals surface area contributed by atoms with Crippen LogP contribution in [0.25, 0.3) is 0 Å². The molecule has 11 nitrogen and oxygen atoms in total. The van der Waals surface area contributed by atoms with Crippen molar-refractivity contribution in [2.24, 2.45) is 5.92 Å². The van der Waals surface area contributed by atoms with Crippen LogP contribution >= 0.6 is 0 Å². The van der Waals surface area contributed by atoms with Crippen molar-refractivity contribution in [3.8, 4) is 0 Å². The molecule has 1 N–H and O–H groups in total. The molecule has 1 spiro atoms. The molecule has 1 saturated carbocycles. The van der Waals surface area contributed by atoms with E-state index in [2.05, 4.69) is 5.32 Å². The quantitative estimate of drug-likeness (QED) is 0.441. The monoisotopic (exact) mass is 588 g/mol. The molecule has 40 heavy (non-hydrogen) atoms. The van der Waals surface area contributed by atoms with Gasteiger partial charge in [-0.2, -0.15) is 3.71 Å². The number of carbonyl (C=O) groups is 3. The van der Waals surface area contributed by atoms with Gasteiger partial charge in [0.2, 0.25) is 26.0 Å².